The van der Waals surface area contributed by atoms with Gasteiger partial charge in [-0.1, -0.05) is 17.7 Å². The molecule has 0 aliphatic heterocycles. The monoisotopic (exact) mass is 462 g/mol. The van der Waals surface area contributed by atoms with Gasteiger partial charge in [-0.2, -0.15) is 0 Å². The van der Waals surface area contributed by atoms with E-state index in [1.54, 1.807) is 48.0 Å². The highest BCUT2D eigenvalue weighted by atomic mass is 16.5. The third-order valence-corrected chi connectivity index (χ3v) is 5.85. The molecule has 9 heteroatoms. The Morgan fingerprint density at radius 1 is 0.971 bits per heavy atom. The van der Waals surface area contributed by atoms with Crippen LogP contribution in [0.2, 0.25) is 0 Å². The number of anilines is 1. The lowest BCUT2D eigenvalue weighted by Gasteiger charge is -2.15. The highest BCUT2D eigenvalue weighted by molar-refractivity contribution is 5.93. The van der Waals surface area contributed by atoms with E-state index in [9.17, 15) is 14.4 Å². The van der Waals surface area contributed by atoms with E-state index >= 15 is 0 Å². The summed E-state index contributed by atoms with van der Waals surface area (Å²) in [6, 6.07) is 13.8. The third kappa shape index (κ3) is 3.96. The van der Waals surface area contributed by atoms with Crippen LogP contribution in [0, 0.1) is 13.8 Å². The fourth-order valence-corrected chi connectivity index (χ4v) is 3.91. The number of ether oxygens (including phenoxy) is 2. The van der Waals surface area contributed by atoms with Gasteiger partial charge in [-0.15, -0.1) is 0 Å². The molecule has 0 unspecified atom stereocenters. The molecule has 4 rings (SSSR count). The van der Waals surface area contributed by atoms with Gasteiger partial charge in [-0.3, -0.25) is 14.2 Å². The van der Waals surface area contributed by atoms with Crippen LogP contribution in [-0.2, 0) is 18.4 Å². The molecule has 9 nitrogen and oxygen atoms in total. The predicted molar refractivity (Wildman–Crippen MR) is 130 cm³/mol. The Hall–Kier alpha value is -4.27. The summed E-state index contributed by atoms with van der Waals surface area (Å²) >= 11 is 0. The van der Waals surface area contributed by atoms with E-state index in [2.05, 4.69) is 5.32 Å². The highest BCUT2D eigenvalue weighted by Crippen LogP contribution is 2.29. The highest BCUT2D eigenvalue weighted by Gasteiger charge is 2.20. The van der Waals surface area contributed by atoms with Crippen molar-refractivity contribution in [2.24, 2.45) is 7.05 Å². The quantitative estimate of drug-likeness (QED) is 0.475. The molecule has 4 aromatic rings. The van der Waals surface area contributed by atoms with Crippen LogP contribution in [0.5, 0.6) is 11.5 Å². The topological polar surface area (TPSA) is 96.5 Å². The second-order valence-electron chi connectivity index (χ2n) is 8.04. The number of aryl methyl sites for hydroxylation is 3. The summed E-state index contributed by atoms with van der Waals surface area (Å²) in [5.74, 6) is 0.541. The molecule has 2 heterocycles. The molecule has 2 aromatic heterocycles. The van der Waals surface area contributed by atoms with Crippen LogP contribution in [0.1, 0.15) is 11.3 Å². The fraction of sp³-hybridized carbons (Fsp3) is 0.240. The van der Waals surface area contributed by atoms with Gasteiger partial charge in [0.05, 0.1) is 31.1 Å². The zero-order valence-electron chi connectivity index (χ0n) is 19.7. The normalized spacial score (nSPS) is 11.0. The summed E-state index contributed by atoms with van der Waals surface area (Å²) < 4.78 is 14.7. The zero-order valence-corrected chi connectivity index (χ0v) is 19.7. The number of hydrogen-bond donors (Lipinski definition) is 1. The Morgan fingerprint density at radius 3 is 2.32 bits per heavy atom. The third-order valence-electron chi connectivity index (χ3n) is 5.85. The SMILES string of the molecule is COc1ccc(OC)c(NC(=O)Cn2c(=O)n(-c3ccc(C)cc3)c(=O)c3c2cc(C)n3C)c1. The van der Waals surface area contributed by atoms with Crippen molar-refractivity contribution in [1.82, 2.24) is 13.7 Å². The second-order valence-corrected chi connectivity index (χ2v) is 8.04. The molecule has 34 heavy (non-hydrogen) atoms. The first-order valence-electron chi connectivity index (χ1n) is 10.7. The number of benzene rings is 2. The molecule has 1 amide bonds. The fourth-order valence-electron chi connectivity index (χ4n) is 3.91. The van der Waals surface area contributed by atoms with E-state index < -0.39 is 17.2 Å². The molecule has 2 aromatic carbocycles. The number of nitrogens with zero attached hydrogens (tertiary/aromatic N) is 3. The van der Waals surface area contributed by atoms with E-state index in [1.807, 2.05) is 26.0 Å². The van der Waals surface area contributed by atoms with Gasteiger partial charge in [0.15, 0.2) is 0 Å². The molecule has 0 radical (unpaired) electrons. The van der Waals surface area contributed by atoms with Crippen molar-refractivity contribution in [2.45, 2.75) is 20.4 Å². The molecule has 0 aliphatic rings. The van der Waals surface area contributed by atoms with E-state index in [4.69, 9.17) is 9.47 Å². The standard InChI is InChI=1S/C25H26N4O5/c1-15-6-8-17(9-7-15)29-24(31)23-20(12-16(2)27(23)3)28(25(29)32)14-22(30)26-19-13-18(33-4)10-11-21(19)34-5/h6-13H,14H2,1-5H3,(H,26,30). The molecule has 0 atom stereocenters. The summed E-state index contributed by atoms with van der Waals surface area (Å²) in [5, 5.41) is 2.78. The Kier molecular flexibility index (Phi) is 6.02. The van der Waals surface area contributed by atoms with Crippen LogP contribution in [0.15, 0.2) is 58.1 Å². The van der Waals surface area contributed by atoms with Gasteiger partial charge >= 0.3 is 5.69 Å². The second kappa shape index (κ2) is 8.93. The minimum atomic E-state index is -0.597. The molecule has 0 saturated carbocycles. The molecule has 0 fully saturated rings. The lowest BCUT2D eigenvalue weighted by atomic mass is 10.2. The van der Waals surface area contributed by atoms with Crippen molar-refractivity contribution in [3.8, 4) is 17.2 Å². The number of carbonyl (C=O) groups excluding carboxylic acids is 1. The lowest BCUT2D eigenvalue weighted by molar-refractivity contribution is -0.116. The Morgan fingerprint density at radius 2 is 1.68 bits per heavy atom. The van der Waals surface area contributed by atoms with Gasteiger partial charge in [-0.05, 0) is 44.2 Å². The first kappa shape index (κ1) is 22.9. The summed E-state index contributed by atoms with van der Waals surface area (Å²) in [6.45, 7) is 3.46. The molecule has 0 bridgehead atoms. The van der Waals surface area contributed by atoms with Crippen LogP contribution < -0.4 is 26.0 Å². The molecular formula is C25H26N4O5. The molecular weight excluding hydrogens is 436 g/mol. The number of hydrogen-bond acceptors (Lipinski definition) is 5. The van der Waals surface area contributed by atoms with E-state index in [0.29, 0.717) is 33.9 Å². The number of methoxy groups -OCH3 is 2. The molecule has 176 valence electrons. The maximum Gasteiger partial charge on any atom is 0.336 e. The minimum Gasteiger partial charge on any atom is -0.497 e. The smallest absolute Gasteiger partial charge is 0.336 e. The van der Waals surface area contributed by atoms with Crippen LogP contribution in [0.25, 0.3) is 16.7 Å². The first-order valence-corrected chi connectivity index (χ1v) is 10.7. The number of amides is 1. The van der Waals surface area contributed by atoms with Crippen LogP contribution in [0.3, 0.4) is 0 Å². The molecule has 1 N–H and O–H groups in total. The lowest BCUT2D eigenvalue weighted by Crippen LogP contribution is -2.41. The summed E-state index contributed by atoms with van der Waals surface area (Å²) in [5.41, 5.74) is 2.33. The molecule has 0 spiro atoms. The van der Waals surface area contributed by atoms with Gasteiger partial charge in [0.1, 0.15) is 23.6 Å². The van der Waals surface area contributed by atoms with Gasteiger partial charge in [0.25, 0.3) is 5.56 Å². The van der Waals surface area contributed by atoms with E-state index in [0.717, 1.165) is 15.8 Å². The van der Waals surface area contributed by atoms with Gasteiger partial charge in [0.2, 0.25) is 5.91 Å². The average Bonchev–Trinajstić information content (AvgIpc) is 3.12. The predicted octanol–water partition coefficient (Wildman–Crippen LogP) is 2.76. The van der Waals surface area contributed by atoms with E-state index in [1.165, 1.54) is 18.8 Å². The number of rotatable bonds is 6. The number of aromatic nitrogens is 3. The largest absolute Gasteiger partial charge is 0.497 e. The molecule has 0 aliphatic carbocycles. The van der Waals surface area contributed by atoms with Crippen molar-refractivity contribution < 1.29 is 14.3 Å². The minimum absolute atomic E-state index is 0.300. The van der Waals surface area contributed by atoms with Gasteiger partial charge in [0, 0.05) is 18.8 Å². The summed E-state index contributed by atoms with van der Waals surface area (Å²) in [6.07, 6.45) is 0. The zero-order chi connectivity index (χ0) is 24.6. The Bertz CT molecular complexity index is 1510. The van der Waals surface area contributed by atoms with Crippen LogP contribution >= 0.6 is 0 Å². The molecule has 0 saturated heterocycles. The van der Waals surface area contributed by atoms with Crippen LogP contribution in [-0.4, -0.2) is 33.8 Å². The maximum absolute atomic E-state index is 13.5. The summed E-state index contributed by atoms with van der Waals surface area (Å²) in [7, 11) is 4.78. The Labute approximate surface area is 195 Å². The van der Waals surface area contributed by atoms with Crippen molar-refractivity contribution in [3.63, 3.8) is 0 Å². The maximum atomic E-state index is 13.5. The summed E-state index contributed by atoms with van der Waals surface area (Å²) in [4.78, 5) is 39.9. The van der Waals surface area contributed by atoms with Crippen molar-refractivity contribution >= 4 is 22.6 Å². The van der Waals surface area contributed by atoms with Crippen molar-refractivity contribution in [3.05, 3.63) is 80.6 Å². The van der Waals surface area contributed by atoms with Gasteiger partial charge in [-0.25, -0.2) is 9.36 Å². The first-order chi connectivity index (χ1) is 16.2. The van der Waals surface area contributed by atoms with Crippen LogP contribution in [0.4, 0.5) is 5.69 Å². The average molecular weight is 463 g/mol. The van der Waals surface area contributed by atoms with Gasteiger partial charge < -0.3 is 19.4 Å². The van der Waals surface area contributed by atoms with E-state index in [-0.39, 0.29) is 6.54 Å². The Balaban J connectivity index is 1.84. The van der Waals surface area contributed by atoms with Crippen molar-refractivity contribution in [2.75, 3.05) is 19.5 Å². The number of nitrogens with one attached hydrogen (secondary N) is 1. The number of fused-ring (bicyclic) bond motifs is 1. The van der Waals surface area contributed by atoms with Crippen molar-refractivity contribution in [1.29, 1.82) is 0 Å². The number of carbonyl (C=O) groups is 1.